The van der Waals surface area contributed by atoms with Crippen molar-refractivity contribution in [1.29, 1.82) is 0 Å². The van der Waals surface area contributed by atoms with E-state index in [-0.39, 0.29) is 6.42 Å². The molecular formula is C13H12N4O2. The molecule has 0 atom stereocenters. The second-order valence-corrected chi connectivity index (χ2v) is 4.35. The molecule has 3 aromatic rings. The zero-order valence-electron chi connectivity index (χ0n) is 10.3. The van der Waals surface area contributed by atoms with E-state index in [0.717, 1.165) is 22.5 Å². The highest BCUT2D eigenvalue weighted by atomic mass is 16.4. The Balaban J connectivity index is 2.08. The van der Waals surface area contributed by atoms with Crippen LogP contribution in [0.15, 0.2) is 30.7 Å². The van der Waals surface area contributed by atoms with E-state index in [9.17, 15) is 4.79 Å². The Morgan fingerprint density at radius 3 is 3.00 bits per heavy atom. The van der Waals surface area contributed by atoms with Gasteiger partial charge in [-0.15, -0.1) is 0 Å². The maximum Gasteiger partial charge on any atom is 0.309 e. The van der Waals surface area contributed by atoms with Crippen LogP contribution in [0, 0.1) is 6.92 Å². The van der Waals surface area contributed by atoms with E-state index in [1.54, 1.807) is 23.1 Å². The van der Waals surface area contributed by atoms with Gasteiger partial charge in [0, 0.05) is 23.5 Å². The molecule has 96 valence electrons. The van der Waals surface area contributed by atoms with Crippen LogP contribution >= 0.6 is 0 Å². The number of carboxylic acids is 1. The molecule has 0 aliphatic rings. The molecular weight excluding hydrogens is 244 g/mol. The average Bonchev–Trinajstić information content (AvgIpc) is 2.90. The summed E-state index contributed by atoms with van der Waals surface area (Å²) in [6.45, 7) is 1.95. The fraction of sp³-hybridized carbons (Fsp3) is 0.154. The van der Waals surface area contributed by atoms with Crippen LogP contribution in [0.3, 0.4) is 0 Å². The number of aliphatic carboxylic acids is 1. The lowest BCUT2D eigenvalue weighted by atomic mass is 10.1. The number of carbonyl (C=O) groups is 1. The van der Waals surface area contributed by atoms with Gasteiger partial charge in [-0.1, -0.05) is 0 Å². The molecule has 0 saturated carbocycles. The topological polar surface area (TPSA) is 83.3 Å². The van der Waals surface area contributed by atoms with Gasteiger partial charge in [-0.05, 0) is 19.1 Å². The number of aromatic amines is 1. The molecule has 0 aliphatic heterocycles. The number of hydrogen-bond donors (Lipinski definition) is 2. The van der Waals surface area contributed by atoms with Crippen molar-refractivity contribution in [3.8, 4) is 11.3 Å². The number of fused-ring (bicyclic) bond motifs is 1. The number of aromatic nitrogens is 4. The minimum absolute atomic E-state index is 0.0722. The van der Waals surface area contributed by atoms with E-state index in [1.165, 1.54) is 0 Å². The van der Waals surface area contributed by atoms with E-state index in [1.807, 2.05) is 19.1 Å². The first-order valence-electron chi connectivity index (χ1n) is 5.84. The summed E-state index contributed by atoms with van der Waals surface area (Å²) in [7, 11) is 0. The third-order valence-corrected chi connectivity index (χ3v) is 2.98. The molecule has 0 fully saturated rings. The van der Waals surface area contributed by atoms with Crippen molar-refractivity contribution in [3.05, 3.63) is 42.0 Å². The molecule has 0 spiro atoms. The van der Waals surface area contributed by atoms with Crippen LogP contribution in [0.2, 0.25) is 0 Å². The summed E-state index contributed by atoms with van der Waals surface area (Å²) in [6, 6.07) is 3.83. The first-order valence-corrected chi connectivity index (χ1v) is 5.84. The quantitative estimate of drug-likeness (QED) is 0.746. The lowest BCUT2D eigenvalue weighted by Crippen LogP contribution is -2.00. The fourth-order valence-electron chi connectivity index (χ4n) is 2.13. The molecule has 6 heteroatoms. The van der Waals surface area contributed by atoms with Gasteiger partial charge >= 0.3 is 5.97 Å². The number of carboxylic acid groups (broad SMARTS) is 1. The summed E-state index contributed by atoms with van der Waals surface area (Å²) in [6.07, 6.45) is 5.13. The monoisotopic (exact) mass is 256 g/mol. The summed E-state index contributed by atoms with van der Waals surface area (Å²) in [5.41, 5.74) is 4.18. The summed E-state index contributed by atoms with van der Waals surface area (Å²) in [5.74, 6) is -0.883. The van der Waals surface area contributed by atoms with Crippen molar-refractivity contribution < 1.29 is 9.90 Å². The SMILES string of the molecule is Cc1c(-c2cccnc2)[nH]n2cc(CC(=O)O)nc12. The van der Waals surface area contributed by atoms with E-state index >= 15 is 0 Å². The normalized spacial score (nSPS) is 11.0. The van der Waals surface area contributed by atoms with Crippen molar-refractivity contribution in [2.24, 2.45) is 0 Å². The smallest absolute Gasteiger partial charge is 0.309 e. The Morgan fingerprint density at radius 2 is 2.37 bits per heavy atom. The van der Waals surface area contributed by atoms with Crippen LogP contribution in [0.25, 0.3) is 16.9 Å². The van der Waals surface area contributed by atoms with Crippen molar-refractivity contribution in [3.63, 3.8) is 0 Å². The summed E-state index contributed by atoms with van der Waals surface area (Å²) < 4.78 is 1.75. The standard InChI is InChI=1S/C13H12N4O2/c1-8-12(9-3-2-4-14-6-9)16-17-7-10(5-11(18)19)15-13(8)17/h2-4,6-7,16H,5H2,1H3,(H,18,19). The summed E-state index contributed by atoms with van der Waals surface area (Å²) >= 11 is 0. The largest absolute Gasteiger partial charge is 0.481 e. The second kappa shape index (κ2) is 4.24. The molecule has 0 saturated heterocycles. The third kappa shape index (κ3) is 1.97. The molecule has 0 radical (unpaired) electrons. The number of imidazole rings is 1. The lowest BCUT2D eigenvalue weighted by Gasteiger charge is -1.97. The van der Waals surface area contributed by atoms with Crippen LogP contribution < -0.4 is 0 Å². The van der Waals surface area contributed by atoms with Crippen molar-refractivity contribution in [2.45, 2.75) is 13.3 Å². The molecule has 0 amide bonds. The maximum absolute atomic E-state index is 10.7. The van der Waals surface area contributed by atoms with E-state index in [0.29, 0.717) is 5.69 Å². The number of H-pyrrole nitrogens is 1. The van der Waals surface area contributed by atoms with Gasteiger partial charge in [0.2, 0.25) is 0 Å². The van der Waals surface area contributed by atoms with Crippen LogP contribution in [0.4, 0.5) is 0 Å². The first-order chi connectivity index (χ1) is 9.15. The number of rotatable bonds is 3. The molecule has 3 heterocycles. The minimum atomic E-state index is -0.883. The molecule has 3 aromatic heterocycles. The average molecular weight is 256 g/mol. The zero-order chi connectivity index (χ0) is 13.4. The highest BCUT2D eigenvalue weighted by molar-refractivity contribution is 5.72. The van der Waals surface area contributed by atoms with E-state index < -0.39 is 5.97 Å². The van der Waals surface area contributed by atoms with Crippen LogP contribution in [-0.4, -0.2) is 30.7 Å². The van der Waals surface area contributed by atoms with Gasteiger partial charge in [0.15, 0.2) is 5.65 Å². The lowest BCUT2D eigenvalue weighted by molar-refractivity contribution is -0.136. The van der Waals surface area contributed by atoms with Crippen LogP contribution in [0.5, 0.6) is 0 Å². The number of nitrogens with one attached hydrogen (secondary N) is 1. The van der Waals surface area contributed by atoms with Crippen LogP contribution in [-0.2, 0) is 11.2 Å². The highest BCUT2D eigenvalue weighted by Gasteiger charge is 2.14. The second-order valence-electron chi connectivity index (χ2n) is 4.35. The van der Waals surface area contributed by atoms with Gasteiger partial charge in [0.25, 0.3) is 0 Å². The molecule has 2 N–H and O–H groups in total. The predicted molar refractivity (Wildman–Crippen MR) is 68.9 cm³/mol. The van der Waals surface area contributed by atoms with Gasteiger partial charge in [-0.2, -0.15) is 0 Å². The minimum Gasteiger partial charge on any atom is -0.481 e. The number of aryl methyl sites for hydroxylation is 1. The Morgan fingerprint density at radius 1 is 1.53 bits per heavy atom. The third-order valence-electron chi connectivity index (χ3n) is 2.98. The van der Waals surface area contributed by atoms with Gasteiger partial charge < -0.3 is 5.11 Å². The molecule has 6 nitrogen and oxygen atoms in total. The van der Waals surface area contributed by atoms with Gasteiger partial charge in [-0.3, -0.25) is 14.9 Å². The van der Waals surface area contributed by atoms with Crippen molar-refractivity contribution >= 4 is 11.6 Å². The van der Waals surface area contributed by atoms with E-state index in [2.05, 4.69) is 15.1 Å². The fourth-order valence-corrected chi connectivity index (χ4v) is 2.13. The Hall–Kier alpha value is -2.63. The zero-order valence-corrected chi connectivity index (χ0v) is 10.3. The molecule has 3 rings (SSSR count). The van der Waals surface area contributed by atoms with Crippen molar-refractivity contribution in [2.75, 3.05) is 0 Å². The molecule has 0 aromatic carbocycles. The highest BCUT2D eigenvalue weighted by Crippen LogP contribution is 2.24. The molecule has 0 aliphatic carbocycles. The number of nitrogens with zero attached hydrogens (tertiary/aromatic N) is 3. The van der Waals surface area contributed by atoms with E-state index in [4.69, 9.17) is 5.11 Å². The van der Waals surface area contributed by atoms with Gasteiger partial charge in [0.05, 0.1) is 24.0 Å². The Bertz CT molecular complexity index is 743. The summed E-state index contributed by atoms with van der Waals surface area (Å²) in [4.78, 5) is 19.1. The van der Waals surface area contributed by atoms with Gasteiger partial charge in [-0.25, -0.2) is 9.50 Å². The number of pyridine rings is 1. The number of hydrogen-bond acceptors (Lipinski definition) is 3. The molecule has 0 unspecified atom stereocenters. The molecule has 0 bridgehead atoms. The predicted octanol–water partition coefficient (Wildman–Crippen LogP) is 1.66. The van der Waals surface area contributed by atoms with Crippen LogP contribution in [0.1, 0.15) is 11.3 Å². The van der Waals surface area contributed by atoms with Gasteiger partial charge in [0.1, 0.15) is 0 Å². The summed E-state index contributed by atoms with van der Waals surface area (Å²) in [5, 5.41) is 12.0. The first kappa shape index (κ1) is 11.5. The van der Waals surface area contributed by atoms with Crippen molar-refractivity contribution in [1.82, 2.24) is 19.6 Å². The Labute approximate surface area is 108 Å². The molecule has 19 heavy (non-hydrogen) atoms. The maximum atomic E-state index is 10.7. The Kier molecular flexibility index (Phi) is 2.56.